The van der Waals surface area contributed by atoms with Crippen molar-refractivity contribution in [3.05, 3.63) is 71.4 Å². The van der Waals surface area contributed by atoms with Gasteiger partial charge in [-0.3, -0.25) is 9.78 Å². The number of carbonyl (C=O) groups is 1. The van der Waals surface area contributed by atoms with Gasteiger partial charge in [-0.05, 0) is 30.3 Å². The maximum Gasteiger partial charge on any atom is 0.274 e. The Hall–Kier alpha value is -3.19. The highest BCUT2D eigenvalue weighted by Crippen LogP contribution is 2.28. The minimum Gasteiger partial charge on any atom is -0.495 e. The standard InChI is InChI=1S/C18H16ClN5O2/c1-26-16-6-5-12(19)8-14(16)24-18(25)15-9-17(23-11-22-15)21-10-13-4-2-3-7-20-13/h2-9,11H,10H2,1H3,(H,24,25)(H,21,22,23). The lowest BCUT2D eigenvalue weighted by Crippen LogP contribution is -2.15. The van der Waals surface area contributed by atoms with Gasteiger partial charge in [0.25, 0.3) is 5.91 Å². The summed E-state index contributed by atoms with van der Waals surface area (Å²) in [5.41, 5.74) is 1.54. The van der Waals surface area contributed by atoms with Gasteiger partial charge in [0.2, 0.25) is 0 Å². The molecular formula is C18H16ClN5O2. The quantitative estimate of drug-likeness (QED) is 0.692. The summed E-state index contributed by atoms with van der Waals surface area (Å²) in [5, 5.41) is 6.34. The highest BCUT2D eigenvalue weighted by Gasteiger charge is 2.12. The van der Waals surface area contributed by atoms with E-state index in [0.717, 1.165) is 5.69 Å². The molecule has 0 fully saturated rings. The van der Waals surface area contributed by atoms with Crippen LogP contribution >= 0.6 is 11.6 Å². The summed E-state index contributed by atoms with van der Waals surface area (Å²) < 4.78 is 5.22. The summed E-state index contributed by atoms with van der Waals surface area (Å²) >= 11 is 5.98. The van der Waals surface area contributed by atoms with Crippen LogP contribution < -0.4 is 15.4 Å². The van der Waals surface area contributed by atoms with E-state index in [0.29, 0.717) is 28.8 Å². The van der Waals surface area contributed by atoms with Crippen molar-refractivity contribution in [1.82, 2.24) is 15.0 Å². The van der Waals surface area contributed by atoms with E-state index in [1.54, 1.807) is 30.5 Å². The molecule has 3 rings (SSSR count). The molecule has 0 aliphatic carbocycles. The number of benzene rings is 1. The zero-order chi connectivity index (χ0) is 18.4. The van der Waals surface area contributed by atoms with Gasteiger partial charge in [-0.2, -0.15) is 0 Å². The molecular weight excluding hydrogens is 354 g/mol. The Morgan fingerprint density at radius 2 is 2.04 bits per heavy atom. The van der Waals surface area contributed by atoms with Crippen LogP contribution in [0.3, 0.4) is 0 Å². The van der Waals surface area contributed by atoms with Crippen molar-refractivity contribution >= 4 is 29.0 Å². The summed E-state index contributed by atoms with van der Waals surface area (Å²) in [4.78, 5) is 24.8. The third-order valence-electron chi connectivity index (χ3n) is 3.49. The number of halogens is 1. The summed E-state index contributed by atoms with van der Waals surface area (Å²) in [7, 11) is 1.52. The van der Waals surface area contributed by atoms with Gasteiger partial charge in [-0.1, -0.05) is 17.7 Å². The van der Waals surface area contributed by atoms with Crippen molar-refractivity contribution in [2.45, 2.75) is 6.54 Å². The SMILES string of the molecule is COc1ccc(Cl)cc1NC(=O)c1cc(NCc2ccccn2)ncn1. The Bertz CT molecular complexity index is 905. The zero-order valence-electron chi connectivity index (χ0n) is 13.9. The second-order valence-electron chi connectivity index (χ2n) is 5.26. The second-order valence-corrected chi connectivity index (χ2v) is 5.70. The molecule has 0 aliphatic rings. The molecule has 26 heavy (non-hydrogen) atoms. The van der Waals surface area contributed by atoms with Crippen LogP contribution in [0.25, 0.3) is 0 Å². The fourth-order valence-electron chi connectivity index (χ4n) is 2.23. The molecule has 0 spiro atoms. The Balaban J connectivity index is 1.71. The highest BCUT2D eigenvalue weighted by molar-refractivity contribution is 6.31. The fraction of sp³-hybridized carbons (Fsp3) is 0.111. The van der Waals surface area contributed by atoms with E-state index in [9.17, 15) is 4.79 Å². The number of methoxy groups -OCH3 is 1. The van der Waals surface area contributed by atoms with Gasteiger partial charge in [-0.25, -0.2) is 9.97 Å². The largest absolute Gasteiger partial charge is 0.495 e. The molecule has 7 nitrogen and oxygen atoms in total. The fourth-order valence-corrected chi connectivity index (χ4v) is 2.40. The summed E-state index contributed by atoms with van der Waals surface area (Å²) in [6, 6.07) is 12.2. The van der Waals surface area contributed by atoms with Gasteiger partial charge >= 0.3 is 0 Å². The average molecular weight is 370 g/mol. The maximum absolute atomic E-state index is 12.5. The lowest BCUT2D eigenvalue weighted by Gasteiger charge is -2.11. The highest BCUT2D eigenvalue weighted by atomic mass is 35.5. The van der Waals surface area contributed by atoms with Crippen LogP contribution in [-0.2, 0) is 6.54 Å². The summed E-state index contributed by atoms with van der Waals surface area (Å²) in [6.07, 6.45) is 3.04. The Kier molecular flexibility index (Phi) is 5.60. The lowest BCUT2D eigenvalue weighted by atomic mass is 10.2. The zero-order valence-corrected chi connectivity index (χ0v) is 14.7. The monoisotopic (exact) mass is 369 g/mol. The number of anilines is 2. The number of nitrogens with zero attached hydrogens (tertiary/aromatic N) is 3. The summed E-state index contributed by atoms with van der Waals surface area (Å²) in [6.45, 7) is 0.487. The van der Waals surface area contributed by atoms with Crippen LogP contribution in [0.15, 0.2) is 55.0 Å². The molecule has 1 aromatic carbocycles. The predicted octanol–water partition coefficient (Wildman–Crippen LogP) is 3.40. The molecule has 2 aromatic heterocycles. The minimum absolute atomic E-state index is 0.213. The Morgan fingerprint density at radius 3 is 2.81 bits per heavy atom. The van der Waals surface area contributed by atoms with E-state index >= 15 is 0 Å². The number of hydrogen-bond donors (Lipinski definition) is 2. The molecule has 0 bridgehead atoms. The third kappa shape index (κ3) is 4.46. The van der Waals surface area contributed by atoms with E-state index in [1.807, 2.05) is 18.2 Å². The van der Waals surface area contributed by atoms with Crippen LogP contribution in [0, 0.1) is 0 Å². The normalized spacial score (nSPS) is 10.2. The number of carbonyl (C=O) groups excluding carboxylic acids is 1. The number of ether oxygens (including phenoxy) is 1. The molecule has 2 heterocycles. The van der Waals surface area contributed by atoms with E-state index in [-0.39, 0.29) is 5.69 Å². The van der Waals surface area contributed by atoms with Gasteiger partial charge in [0.1, 0.15) is 23.6 Å². The molecule has 2 N–H and O–H groups in total. The van der Waals surface area contributed by atoms with E-state index in [2.05, 4.69) is 25.6 Å². The topological polar surface area (TPSA) is 89.0 Å². The van der Waals surface area contributed by atoms with Crippen LogP contribution in [0.2, 0.25) is 5.02 Å². The minimum atomic E-state index is -0.395. The Labute approximate surface area is 155 Å². The van der Waals surface area contributed by atoms with Crippen LogP contribution in [0.1, 0.15) is 16.2 Å². The van der Waals surface area contributed by atoms with Gasteiger partial charge in [0, 0.05) is 17.3 Å². The molecule has 0 unspecified atom stereocenters. The molecule has 3 aromatic rings. The number of pyridine rings is 1. The average Bonchev–Trinajstić information content (AvgIpc) is 2.67. The number of amides is 1. The number of aromatic nitrogens is 3. The lowest BCUT2D eigenvalue weighted by molar-refractivity contribution is 0.102. The first-order valence-corrected chi connectivity index (χ1v) is 8.14. The van der Waals surface area contributed by atoms with Gasteiger partial charge in [0.15, 0.2) is 0 Å². The van der Waals surface area contributed by atoms with E-state index in [4.69, 9.17) is 16.3 Å². The second kappa shape index (κ2) is 8.26. The molecule has 0 saturated heterocycles. The van der Waals surface area contributed by atoms with Crippen molar-refractivity contribution in [2.24, 2.45) is 0 Å². The van der Waals surface area contributed by atoms with Crippen LogP contribution in [-0.4, -0.2) is 28.0 Å². The first-order chi connectivity index (χ1) is 12.7. The number of rotatable bonds is 6. The van der Waals surface area contributed by atoms with Crippen LogP contribution in [0.5, 0.6) is 5.75 Å². The van der Waals surface area contributed by atoms with Crippen LogP contribution in [0.4, 0.5) is 11.5 Å². The van der Waals surface area contributed by atoms with E-state index < -0.39 is 5.91 Å². The maximum atomic E-state index is 12.5. The molecule has 0 radical (unpaired) electrons. The number of hydrogen-bond acceptors (Lipinski definition) is 6. The first kappa shape index (κ1) is 17.6. The van der Waals surface area contributed by atoms with Gasteiger partial charge < -0.3 is 15.4 Å². The van der Waals surface area contributed by atoms with Crippen molar-refractivity contribution < 1.29 is 9.53 Å². The van der Waals surface area contributed by atoms with Gasteiger partial charge in [-0.15, -0.1) is 0 Å². The van der Waals surface area contributed by atoms with Crippen molar-refractivity contribution in [3.8, 4) is 5.75 Å². The summed E-state index contributed by atoms with van der Waals surface area (Å²) in [5.74, 6) is 0.632. The molecule has 0 aliphatic heterocycles. The molecule has 0 saturated carbocycles. The number of nitrogens with one attached hydrogen (secondary N) is 2. The molecule has 132 valence electrons. The molecule has 0 atom stereocenters. The smallest absolute Gasteiger partial charge is 0.274 e. The Morgan fingerprint density at radius 1 is 1.15 bits per heavy atom. The van der Waals surface area contributed by atoms with Crippen molar-refractivity contribution in [2.75, 3.05) is 17.7 Å². The van der Waals surface area contributed by atoms with Gasteiger partial charge in [0.05, 0.1) is 25.0 Å². The predicted molar refractivity (Wildman–Crippen MR) is 99.6 cm³/mol. The molecule has 8 heteroatoms. The van der Waals surface area contributed by atoms with Crippen molar-refractivity contribution in [3.63, 3.8) is 0 Å². The third-order valence-corrected chi connectivity index (χ3v) is 3.72. The van der Waals surface area contributed by atoms with Crippen molar-refractivity contribution in [1.29, 1.82) is 0 Å². The van der Waals surface area contributed by atoms with E-state index in [1.165, 1.54) is 13.4 Å². The first-order valence-electron chi connectivity index (χ1n) is 7.76. The molecule has 1 amide bonds.